The summed E-state index contributed by atoms with van der Waals surface area (Å²) < 4.78 is 55.8. The Morgan fingerprint density at radius 3 is 2.44 bits per heavy atom. The average Bonchev–Trinajstić information content (AvgIpc) is 2.86. The number of rotatable bonds is 5. The largest absolute Gasteiger partial charge is 0.482 e. The van der Waals surface area contributed by atoms with Gasteiger partial charge in [0.1, 0.15) is 11.0 Å². The Bertz CT molecular complexity index is 1030. The molecule has 0 fully saturated rings. The number of aliphatic carboxylic acids is 1. The highest BCUT2D eigenvalue weighted by atomic mass is 32.2. The minimum Gasteiger partial charge on any atom is -0.482 e. The van der Waals surface area contributed by atoms with E-state index >= 15 is 0 Å². The highest BCUT2D eigenvalue weighted by Gasteiger charge is 2.45. The lowest BCUT2D eigenvalue weighted by atomic mass is 10.1. The second kappa shape index (κ2) is 6.16. The molecule has 0 radical (unpaired) electrons. The summed E-state index contributed by atoms with van der Waals surface area (Å²) in [5.74, 6) is -1.90. The molecule has 0 saturated heterocycles. The molecule has 0 bridgehead atoms. The highest BCUT2D eigenvalue weighted by Crippen LogP contribution is 2.45. The van der Waals surface area contributed by atoms with Crippen molar-refractivity contribution in [1.29, 1.82) is 0 Å². The third kappa shape index (κ3) is 3.12. The van der Waals surface area contributed by atoms with E-state index in [2.05, 4.69) is 0 Å². The molecule has 0 saturated carbocycles. The fraction of sp³-hybridized carbons (Fsp3) is 0.188. The van der Waals surface area contributed by atoms with E-state index in [0.717, 1.165) is 0 Å². The van der Waals surface area contributed by atoms with Crippen LogP contribution in [0.5, 0.6) is 5.75 Å². The van der Waals surface area contributed by atoms with E-state index in [4.69, 9.17) is 9.84 Å². The van der Waals surface area contributed by atoms with Crippen LogP contribution in [0.15, 0.2) is 58.3 Å². The summed E-state index contributed by atoms with van der Waals surface area (Å²) in [6, 6.07) is 11.6. The van der Waals surface area contributed by atoms with E-state index in [0.29, 0.717) is 0 Å². The maximum absolute atomic E-state index is 12.9. The minimum absolute atomic E-state index is 0.00362. The van der Waals surface area contributed by atoms with Crippen LogP contribution in [0, 0.1) is 0 Å². The fourth-order valence-corrected chi connectivity index (χ4v) is 7.13. The quantitative estimate of drug-likeness (QED) is 0.832. The van der Waals surface area contributed by atoms with Crippen LogP contribution in [0.2, 0.25) is 0 Å². The van der Waals surface area contributed by atoms with Crippen molar-refractivity contribution in [2.75, 3.05) is 12.4 Å². The summed E-state index contributed by atoms with van der Waals surface area (Å²) in [4.78, 5) is 10.6. The second-order valence-electron chi connectivity index (χ2n) is 5.48. The molecule has 1 aliphatic rings. The molecule has 7 nitrogen and oxygen atoms in total. The van der Waals surface area contributed by atoms with Gasteiger partial charge < -0.3 is 9.84 Å². The maximum atomic E-state index is 12.9. The summed E-state index contributed by atoms with van der Waals surface area (Å²) >= 11 is 0. The van der Waals surface area contributed by atoms with Crippen LogP contribution in [0.1, 0.15) is 10.8 Å². The monoisotopic (exact) mass is 382 g/mol. The van der Waals surface area contributed by atoms with Crippen molar-refractivity contribution in [3.63, 3.8) is 0 Å². The molecule has 25 heavy (non-hydrogen) atoms. The third-order valence-electron chi connectivity index (χ3n) is 3.85. The molecule has 0 aromatic heterocycles. The van der Waals surface area contributed by atoms with Crippen LogP contribution >= 0.6 is 0 Å². The van der Waals surface area contributed by atoms with Crippen molar-refractivity contribution in [1.82, 2.24) is 0 Å². The van der Waals surface area contributed by atoms with Crippen molar-refractivity contribution in [3.05, 3.63) is 54.1 Å². The maximum Gasteiger partial charge on any atom is 0.341 e. The summed E-state index contributed by atoms with van der Waals surface area (Å²) in [5.41, 5.74) is -0.00685. The molecule has 0 aliphatic carbocycles. The van der Waals surface area contributed by atoms with E-state index in [1.54, 1.807) is 18.2 Å². The average molecular weight is 382 g/mol. The molecular formula is C16H14O7S2. The van der Waals surface area contributed by atoms with Crippen LogP contribution in [0.4, 0.5) is 0 Å². The van der Waals surface area contributed by atoms with Gasteiger partial charge in [0.05, 0.1) is 15.5 Å². The van der Waals surface area contributed by atoms with Crippen molar-refractivity contribution < 1.29 is 31.5 Å². The Labute approximate surface area is 144 Å². The van der Waals surface area contributed by atoms with Gasteiger partial charge in [-0.15, -0.1) is 0 Å². The number of hydrogen-bond acceptors (Lipinski definition) is 6. The highest BCUT2D eigenvalue weighted by molar-refractivity contribution is 7.96. The zero-order valence-electron chi connectivity index (χ0n) is 12.8. The van der Waals surface area contributed by atoms with Gasteiger partial charge >= 0.3 is 5.97 Å². The van der Waals surface area contributed by atoms with Crippen LogP contribution in [0.3, 0.4) is 0 Å². The van der Waals surface area contributed by atoms with Gasteiger partial charge in [-0.05, 0) is 24.3 Å². The first-order chi connectivity index (χ1) is 11.7. The topological polar surface area (TPSA) is 115 Å². The molecular weight excluding hydrogens is 368 g/mol. The standard InChI is InChI=1S/C16H14O7S2/c17-15(18)9-23-12-7-4-8-13-16(12)14(10-24(13,19)20)25(21,22)11-5-2-1-3-6-11/h1-8,14H,9-10H2,(H,17,18). The third-order valence-corrected chi connectivity index (χ3v) is 7.94. The number of sulfone groups is 2. The zero-order valence-corrected chi connectivity index (χ0v) is 14.5. The lowest BCUT2D eigenvalue weighted by Gasteiger charge is -2.15. The number of hydrogen-bond donors (Lipinski definition) is 1. The van der Waals surface area contributed by atoms with Crippen molar-refractivity contribution in [2.24, 2.45) is 0 Å². The minimum atomic E-state index is -3.99. The Hall–Kier alpha value is -2.39. The van der Waals surface area contributed by atoms with Crippen molar-refractivity contribution >= 4 is 25.6 Å². The number of carboxylic acids is 1. The lowest BCUT2D eigenvalue weighted by molar-refractivity contribution is -0.139. The first kappa shape index (κ1) is 17.4. The Morgan fingerprint density at radius 1 is 1.12 bits per heavy atom. The molecule has 0 spiro atoms. The van der Waals surface area contributed by atoms with Crippen molar-refractivity contribution in [3.8, 4) is 5.75 Å². The smallest absolute Gasteiger partial charge is 0.341 e. The predicted molar refractivity (Wildman–Crippen MR) is 88.0 cm³/mol. The van der Waals surface area contributed by atoms with Gasteiger partial charge in [0.15, 0.2) is 26.3 Å². The van der Waals surface area contributed by atoms with E-state index in [-0.39, 0.29) is 21.1 Å². The second-order valence-corrected chi connectivity index (χ2v) is 9.61. The molecule has 1 N–H and O–H groups in total. The Balaban J connectivity index is 2.16. The Kier molecular flexibility index (Phi) is 4.29. The van der Waals surface area contributed by atoms with E-state index in [1.807, 2.05) is 0 Å². The van der Waals surface area contributed by atoms with Crippen LogP contribution in [-0.4, -0.2) is 40.3 Å². The van der Waals surface area contributed by atoms with Crippen LogP contribution in [0.25, 0.3) is 0 Å². The van der Waals surface area contributed by atoms with E-state index < -0.39 is 43.3 Å². The van der Waals surface area contributed by atoms with Gasteiger partial charge in [0.2, 0.25) is 0 Å². The number of fused-ring (bicyclic) bond motifs is 1. The molecule has 1 unspecified atom stereocenters. The normalized spacial score (nSPS) is 18.5. The van der Waals surface area contributed by atoms with Gasteiger partial charge in [-0.1, -0.05) is 24.3 Å². The molecule has 2 aromatic carbocycles. The van der Waals surface area contributed by atoms with Gasteiger partial charge in [-0.2, -0.15) is 0 Å². The molecule has 1 atom stereocenters. The first-order valence-corrected chi connectivity index (χ1v) is 10.4. The number of carboxylic acid groups (broad SMARTS) is 1. The van der Waals surface area contributed by atoms with Gasteiger partial charge in [0.25, 0.3) is 0 Å². The SMILES string of the molecule is O=C(O)COc1cccc2c1C(S(=O)(=O)c1ccccc1)CS2(=O)=O. The fourth-order valence-electron chi connectivity index (χ4n) is 2.77. The van der Waals surface area contributed by atoms with E-state index in [9.17, 15) is 21.6 Å². The summed E-state index contributed by atoms with van der Waals surface area (Å²) in [6.07, 6.45) is 0. The van der Waals surface area contributed by atoms with Crippen LogP contribution in [-0.2, 0) is 24.5 Å². The Morgan fingerprint density at radius 2 is 1.80 bits per heavy atom. The summed E-state index contributed by atoms with van der Waals surface area (Å²) in [6.45, 7) is -0.700. The summed E-state index contributed by atoms with van der Waals surface area (Å²) in [7, 11) is -7.80. The number of carbonyl (C=O) groups is 1. The lowest BCUT2D eigenvalue weighted by Crippen LogP contribution is -2.17. The molecule has 1 heterocycles. The van der Waals surface area contributed by atoms with Gasteiger partial charge in [-0.25, -0.2) is 21.6 Å². The molecule has 9 heteroatoms. The molecule has 2 aromatic rings. The zero-order chi connectivity index (χ0) is 18.2. The molecule has 0 amide bonds. The van der Waals surface area contributed by atoms with E-state index in [1.165, 1.54) is 30.3 Å². The van der Waals surface area contributed by atoms with Gasteiger partial charge in [0, 0.05) is 5.56 Å². The summed E-state index contributed by atoms with van der Waals surface area (Å²) in [5, 5.41) is 7.42. The number of ether oxygens (including phenoxy) is 1. The van der Waals surface area contributed by atoms with Crippen LogP contribution < -0.4 is 4.74 Å². The van der Waals surface area contributed by atoms with Crippen molar-refractivity contribution in [2.45, 2.75) is 15.0 Å². The predicted octanol–water partition coefficient (Wildman–Crippen LogP) is 1.45. The van der Waals surface area contributed by atoms with Gasteiger partial charge in [-0.3, -0.25) is 0 Å². The molecule has 132 valence electrons. The molecule has 1 aliphatic heterocycles. The number of benzene rings is 2. The first-order valence-electron chi connectivity index (χ1n) is 7.22. The molecule has 3 rings (SSSR count).